The third-order valence-corrected chi connectivity index (χ3v) is 5.90. The van der Waals surface area contributed by atoms with Crippen molar-refractivity contribution in [1.29, 1.82) is 0 Å². The fourth-order valence-corrected chi connectivity index (χ4v) is 3.90. The van der Waals surface area contributed by atoms with E-state index in [1.165, 1.54) is 32.1 Å². The molecule has 1 aliphatic carbocycles. The van der Waals surface area contributed by atoms with Gasteiger partial charge >= 0.3 is 0 Å². The number of anilines is 2. The molecule has 0 amide bonds. The Morgan fingerprint density at radius 2 is 1.95 bits per heavy atom. The molecule has 4 nitrogen and oxygen atoms in total. The number of hydrogen-bond donors (Lipinski definition) is 2. The highest BCUT2D eigenvalue weighted by Crippen LogP contribution is 2.38. The Hall–Kier alpha value is -0.970. The SMILES string of the molecule is CCCc1nc(N)c(C)c(NCC2(SC)CCCCC2)n1. The van der Waals surface area contributed by atoms with Gasteiger partial charge in [0.25, 0.3) is 0 Å². The Morgan fingerprint density at radius 3 is 2.57 bits per heavy atom. The van der Waals surface area contributed by atoms with Crippen molar-refractivity contribution >= 4 is 23.4 Å². The molecule has 5 heteroatoms. The quantitative estimate of drug-likeness (QED) is 0.837. The molecule has 1 aromatic heterocycles. The van der Waals surface area contributed by atoms with E-state index in [4.69, 9.17) is 5.73 Å². The number of rotatable bonds is 6. The zero-order valence-corrected chi connectivity index (χ0v) is 14.4. The van der Waals surface area contributed by atoms with Gasteiger partial charge in [-0.25, -0.2) is 9.97 Å². The van der Waals surface area contributed by atoms with Gasteiger partial charge in [-0.05, 0) is 32.4 Å². The molecular weight excluding hydrogens is 280 g/mol. The largest absolute Gasteiger partial charge is 0.383 e. The van der Waals surface area contributed by atoms with Crippen LogP contribution >= 0.6 is 11.8 Å². The highest BCUT2D eigenvalue weighted by atomic mass is 32.2. The van der Waals surface area contributed by atoms with E-state index >= 15 is 0 Å². The number of nitrogens with two attached hydrogens (primary N) is 1. The van der Waals surface area contributed by atoms with Crippen LogP contribution in [0.4, 0.5) is 11.6 Å². The average Bonchev–Trinajstić information content (AvgIpc) is 2.50. The lowest BCUT2D eigenvalue weighted by Crippen LogP contribution is -2.36. The van der Waals surface area contributed by atoms with Crippen molar-refractivity contribution in [3.8, 4) is 0 Å². The second-order valence-corrected chi connectivity index (χ2v) is 7.32. The summed E-state index contributed by atoms with van der Waals surface area (Å²) in [6.45, 7) is 5.11. The summed E-state index contributed by atoms with van der Waals surface area (Å²) in [5.74, 6) is 2.38. The summed E-state index contributed by atoms with van der Waals surface area (Å²) in [6.07, 6.45) is 10.8. The van der Waals surface area contributed by atoms with Crippen molar-refractivity contribution in [3.05, 3.63) is 11.4 Å². The standard InChI is InChI=1S/C16H28N4S/c1-4-8-13-19-14(17)12(2)15(20-13)18-11-16(21-3)9-6-5-7-10-16/h4-11H2,1-3H3,(H3,17,18,19,20). The van der Waals surface area contributed by atoms with Gasteiger partial charge in [0.2, 0.25) is 0 Å². The number of nitrogens with one attached hydrogen (secondary N) is 1. The Morgan fingerprint density at radius 1 is 1.24 bits per heavy atom. The van der Waals surface area contributed by atoms with Gasteiger partial charge in [-0.2, -0.15) is 11.8 Å². The first-order valence-electron chi connectivity index (χ1n) is 8.02. The second-order valence-electron chi connectivity index (χ2n) is 6.05. The van der Waals surface area contributed by atoms with Crippen LogP contribution in [-0.4, -0.2) is 27.5 Å². The molecule has 0 spiro atoms. The van der Waals surface area contributed by atoms with E-state index in [-0.39, 0.29) is 0 Å². The van der Waals surface area contributed by atoms with E-state index in [1.807, 2.05) is 18.7 Å². The van der Waals surface area contributed by atoms with Crippen molar-refractivity contribution in [2.24, 2.45) is 0 Å². The second kappa shape index (κ2) is 7.34. The highest BCUT2D eigenvalue weighted by Gasteiger charge is 2.31. The van der Waals surface area contributed by atoms with Crippen molar-refractivity contribution in [1.82, 2.24) is 9.97 Å². The van der Waals surface area contributed by atoms with Gasteiger partial charge in [-0.1, -0.05) is 26.2 Å². The lowest BCUT2D eigenvalue weighted by atomic mass is 9.88. The highest BCUT2D eigenvalue weighted by molar-refractivity contribution is 8.00. The van der Waals surface area contributed by atoms with E-state index in [2.05, 4.69) is 28.5 Å². The molecule has 1 aromatic rings. The van der Waals surface area contributed by atoms with E-state index in [1.54, 1.807) is 0 Å². The first-order chi connectivity index (χ1) is 10.1. The van der Waals surface area contributed by atoms with Crippen molar-refractivity contribution in [2.75, 3.05) is 23.9 Å². The maximum atomic E-state index is 6.03. The molecule has 0 bridgehead atoms. The summed E-state index contributed by atoms with van der Waals surface area (Å²) >= 11 is 2.00. The molecule has 0 radical (unpaired) electrons. The smallest absolute Gasteiger partial charge is 0.134 e. The number of nitrogens with zero attached hydrogens (tertiary/aromatic N) is 2. The van der Waals surface area contributed by atoms with E-state index in [0.29, 0.717) is 10.6 Å². The molecule has 1 aliphatic rings. The minimum absolute atomic E-state index is 0.356. The monoisotopic (exact) mass is 308 g/mol. The van der Waals surface area contributed by atoms with E-state index in [0.717, 1.165) is 36.6 Å². The normalized spacial score (nSPS) is 17.7. The summed E-state index contributed by atoms with van der Waals surface area (Å²) in [4.78, 5) is 9.04. The van der Waals surface area contributed by atoms with Crippen LogP contribution < -0.4 is 11.1 Å². The third-order valence-electron chi connectivity index (χ3n) is 4.48. The first kappa shape index (κ1) is 16.4. The molecule has 21 heavy (non-hydrogen) atoms. The van der Waals surface area contributed by atoms with Crippen molar-refractivity contribution < 1.29 is 0 Å². The summed E-state index contributed by atoms with van der Waals surface area (Å²) in [7, 11) is 0. The van der Waals surface area contributed by atoms with Gasteiger partial charge in [-0.15, -0.1) is 0 Å². The molecule has 0 aromatic carbocycles. The van der Waals surface area contributed by atoms with Gasteiger partial charge in [-0.3, -0.25) is 0 Å². The third kappa shape index (κ3) is 4.02. The van der Waals surface area contributed by atoms with Crippen LogP contribution in [0.15, 0.2) is 0 Å². The van der Waals surface area contributed by atoms with Crippen LogP contribution in [-0.2, 0) is 6.42 Å². The summed E-state index contributed by atoms with van der Waals surface area (Å²) in [5.41, 5.74) is 7.00. The van der Waals surface area contributed by atoms with Crippen LogP contribution in [0.5, 0.6) is 0 Å². The number of aryl methyl sites for hydroxylation is 1. The molecule has 1 fully saturated rings. The van der Waals surface area contributed by atoms with Gasteiger partial charge in [0.1, 0.15) is 17.5 Å². The van der Waals surface area contributed by atoms with Crippen LogP contribution in [0.2, 0.25) is 0 Å². The Bertz CT molecular complexity index is 470. The molecule has 3 N–H and O–H groups in total. The maximum absolute atomic E-state index is 6.03. The Kier molecular flexibility index (Phi) is 5.73. The maximum Gasteiger partial charge on any atom is 0.134 e. The average molecular weight is 308 g/mol. The van der Waals surface area contributed by atoms with Crippen molar-refractivity contribution in [2.45, 2.75) is 63.5 Å². The summed E-state index contributed by atoms with van der Waals surface area (Å²) in [5, 5.41) is 3.56. The van der Waals surface area contributed by atoms with Crippen LogP contribution in [0.25, 0.3) is 0 Å². The minimum atomic E-state index is 0.356. The molecule has 118 valence electrons. The summed E-state index contributed by atoms with van der Waals surface area (Å²) < 4.78 is 0.356. The summed E-state index contributed by atoms with van der Waals surface area (Å²) in [6, 6.07) is 0. The van der Waals surface area contributed by atoms with Crippen LogP contribution in [0.1, 0.15) is 56.8 Å². The fourth-order valence-electron chi connectivity index (χ4n) is 2.98. The minimum Gasteiger partial charge on any atom is -0.383 e. The van der Waals surface area contributed by atoms with E-state index in [9.17, 15) is 0 Å². The number of thioether (sulfide) groups is 1. The molecule has 0 saturated heterocycles. The number of aromatic nitrogens is 2. The van der Waals surface area contributed by atoms with Gasteiger partial charge in [0.05, 0.1) is 0 Å². The predicted octanol–water partition coefficient (Wildman–Crippen LogP) is 3.80. The lowest BCUT2D eigenvalue weighted by Gasteiger charge is -2.36. The van der Waals surface area contributed by atoms with Crippen LogP contribution in [0.3, 0.4) is 0 Å². The topological polar surface area (TPSA) is 63.8 Å². The zero-order chi connectivity index (χ0) is 15.3. The van der Waals surface area contributed by atoms with Crippen LogP contribution in [0, 0.1) is 6.92 Å². The van der Waals surface area contributed by atoms with Crippen molar-refractivity contribution in [3.63, 3.8) is 0 Å². The van der Waals surface area contributed by atoms with Gasteiger partial charge < -0.3 is 11.1 Å². The Balaban J connectivity index is 2.11. The number of nitrogen functional groups attached to an aromatic ring is 1. The van der Waals surface area contributed by atoms with Gasteiger partial charge in [0.15, 0.2) is 0 Å². The zero-order valence-electron chi connectivity index (χ0n) is 13.5. The molecule has 0 aliphatic heterocycles. The lowest BCUT2D eigenvalue weighted by molar-refractivity contribution is 0.411. The molecule has 0 atom stereocenters. The molecular formula is C16H28N4S. The van der Waals surface area contributed by atoms with E-state index < -0.39 is 0 Å². The molecule has 2 rings (SSSR count). The predicted molar refractivity (Wildman–Crippen MR) is 93.0 cm³/mol. The molecule has 0 unspecified atom stereocenters. The Labute approximate surface area is 132 Å². The number of hydrogen-bond acceptors (Lipinski definition) is 5. The van der Waals surface area contributed by atoms with Gasteiger partial charge in [0, 0.05) is 23.3 Å². The molecule has 1 saturated carbocycles. The molecule has 1 heterocycles. The fraction of sp³-hybridized carbons (Fsp3) is 0.750. The first-order valence-corrected chi connectivity index (χ1v) is 9.25.